The molecule has 66 heavy (non-hydrogen) atoms. The Hall–Kier alpha value is -8.46. The summed E-state index contributed by atoms with van der Waals surface area (Å²) in [6.45, 7) is 0. The molecule has 1 aliphatic rings. The topological polar surface area (TPSA) is 8.17 Å². The summed E-state index contributed by atoms with van der Waals surface area (Å²) < 4.78 is 2.45. The van der Waals surface area contributed by atoms with Gasteiger partial charge in [-0.2, -0.15) is 0 Å². The van der Waals surface area contributed by atoms with Crippen LogP contribution in [0.15, 0.2) is 267 Å². The Bertz CT molecular complexity index is 3540. The summed E-state index contributed by atoms with van der Waals surface area (Å²) in [6.07, 6.45) is 8.02. The molecule has 0 radical (unpaired) electrons. The Balaban J connectivity index is 1.01. The Kier molecular flexibility index (Phi) is 10.0. The molecule has 0 bridgehead atoms. The molecule has 0 amide bonds. The zero-order valence-corrected chi connectivity index (χ0v) is 36.5. The molecule has 12 rings (SSSR count). The Labute approximate surface area is 386 Å². The quantitative estimate of drug-likeness (QED) is 0.141. The van der Waals surface area contributed by atoms with Crippen LogP contribution in [0.1, 0.15) is 17.9 Å². The molecule has 1 heterocycles. The summed E-state index contributed by atoms with van der Waals surface area (Å²) in [5, 5.41) is 4.95. The van der Waals surface area contributed by atoms with Gasteiger partial charge in [0.05, 0.1) is 16.7 Å². The Morgan fingerprint density at radius 3 is 1.61 bits per heavy atom. The molecular weight excluding hydrogens is 797 g/mol. The van der Waals surface area contributed by atoms with Crippen LogP contribution in [0.3, 0.4) is 0 Å². The standard InChI is InChI=1S/C64H46N2/c1-3-15-45(16-4-1)48-27-29-49(30-28-48)51-35-39-55(40-36-51)65(54-37-33-50(34-38-54)46-17-5-2-6-18-46)56-41-42-57(61(44-56)53-32-31-47-19-7-8-20-52(47)43-53)58-21-9-12-24-62(58)66-63-25-13-10-22-59(63)60-23-11-14-26-64(60)66/h1-33,35-44,50H,34H2. The van der Waals surface area contributed by atoms with Crippen molar-refractivity contribution in [2.75, 3.05) is 4.90 Å². The van der Waals surface area contributed by atoms with Crippen LogP contribution in [0.25, 0.3) is 82.8 Å². The van der Waals surface area contributed by atoms with E-state index < -0.39 is 0 Å². The third kappa shape index (κ3) is 7.19. The molecule has 1 aliphatic carbocycles. The van der Waals surface area contributed by atoms with E-state index in [0.29, 0.717) is 5.92 Å². The predicted octanol–water partition coefficient (Wildman–Crippen LogP) is 17.4. The zero-order valence-electron chi connectivity index (χ0n) is 36.5. The van der Waals surface area contributed by atoms with Crippen molar-refractivity contribution >= 4 is 44.0 Å². The highest BCUT2D eigenvalue weighted by Gasteiger charge is 2.22. The minimum Gasteiger partial charge on any atom is -0.311 e. The highest BCUT2D eigenvalue weighted by Crippen LogP contribution is 2.44. The van der Waals surface area contributed by atoms with Crippen LogP contribution in [-0.4, -0.2) is 4.57 Å². The molecule has 1 unspecified atom stereocenters. The number of allylic oxidation sites excluding steroid dienone is 3. The molecule has 0 spiro atoms. The molecule has 1 aromatic heterocycles. The van der Waals surface area contributed by atoms with Crippen molar-refractivity contribution in [1.29, 1.82) is 0 Å². The van der Waals surface area contributed by atoms with Gasteiger partial charge in [0.25, 0.3) is 0 Å². The molecule has 0 aliphatic heterocycles. The van der Waals surface area contributed by atoms with E-state index in [2.05, 4.69) is 270 Å². The lowest BCUT2D eigenvalue weighted by Crippen LogP contribution is -2.17. The number of para-hydroxylation sites is 3. The first-order chi connectivity index (χ1) is 32.7. The first-order valence-corrected chi connectivity index (χ1v) is 22.9. The number of aromatic nitrogens is 1. The zero-order chi connectivity index (χ0) is 43.8. The van der Waals surface area contributed by atoms with Gasteiger partial charge in [-0.1, -0.05) is 206 Å². The smallest absolute Gasteiger partial charge is 0.0541 e. The van der Waals surface area contributed by atoms with Gasteiger partial charge in [-0.25, -0.2) is 0 Å². The van der Waals surface area contributed by atoms with Gasteiger partial charge in [-0.05, 0) is 116 Å². The largest absolute Gasteiger partial charge is 0.311 e. The maximum absolute atomic E-state index is 2.45. The van der Waals surface area contributed by atoms with Gasteiger partial charge in [0.2, 0.25) is 0 Å². The van der Waals surface area contributed by atoms with Crippen molar-refractivity contribution in [3.63, 3.8) is 0 Å². The molecule has 0 saturated carbocycles. The van der Waals surface area contributed by atoms with Gasteiger partial charge < -0.3 is 9.47 Å². The average molecular weight is 843 g/mol. The third-order valence-electron chi connectivity index (χ3n) is 13.4. The van der Waals surface area contributed by atoms with Crippen LogP contribution in [0.4, 0.5) is 11.4 Å². The minimum atomic E-state index is 0.325. The maximum atomic E-state index is 2.45. The number of nitrogens with zero attached hydrogens (tertiary/aromatic N) is 2. The summed E-state index contributed by atoms with van der Waals surface area (Å²) in [5.74, 6) is 0.325. The van der Waals surface area contributed by atoms with Gasteiger partial charge in [0.1, 0.15) is 0 Å². The van der Waals surface area contributed by atoms with Gasteiger partial charge in [0, 0.05) is 39.3 Å². The average Bonchev–Trinajstić information content (AvgIpc) is 3.74. The molecule has 312 valence electrons. The second-order valence-electron chi connectivity index (χ2n) is 17.2. The Morgan fingerprint density at radius 1 is 0.379 bits per heavy atom. The van der Waals surface area contributed by atoms with E-state index in [-0.39, 0.29) is 0 Å². The van der Waals surface area contributed by atoms with Crippen LogP contribution in [-0.2, 0) is 0 Å². The van der Waals surface area contributed by atoms with Gasteiger partial charge in [0.15, 0.2) is 0 Å². The summed E-state index contributed by atoms with van der Waals surface area (Å²) in [7, 11) is 0. The molecule has 11 aromatic rings. The lowest BCUT2D eigenvalue weighted by molar-refractivity contribution is 0.840. The monoisotopic (exact) mass is 842 g/mol. The van der Waals surface area contributed by atoms with Crippen molar-refractivity contribution in [3.8, 4) is 50.2 Å². The highest BCUT2D eigenvalue weighted by molar-refractivity contribution is 6.10. The van der Waals surface area contributed by atoms with E-state index in [1.807, 2.05) is 0 Å². The molecular formula is C64H46N2. The van der Waals surface area contributed by atoms with E-state index >= 15 is 0 Å². The van der Waals surface area contributed by atoms with Crippen molar-refractivity contribution < 1.29 is 0 Å². The molecule has 0 saturated heterocycles. The van der Waals surface area contributed by atoms with Crippen molar-refractivity contribution in [2.45, 2.75) is 12.3 Å². The lowest BCUT2D eigenvalue weighted by Gasteiger charge is -2.30. The first kappa shape index (κ1) is 39.2. The van der Waals surface area contributed by atoms with Crippen molar-refractivity contribution in [3.05, 3.63) is 272 Å². The molecule has 2 heteroatoms. The molecule has 10 aromatic carbocycles. The molecule has 0 fully saturated rings. The summed E-state index contributed by atoms with van der Waals surface area (Å²) >= 11 is 0. The fourth-order valence-electron chi connectivity index (χ4n) is 10.0. The van der Waals surface area contributed by atoms with Crippen molar-refractivity contribution in [2.24, 2.45) is 0 Å². The maximum Gasteiger partial charge on any atom is 0.0541 e. The van der Waals surface area contributed by atoms with E-state index in [1.165, 1.54) is 82.6 Å². The van der Waals surface area contributed by atoms with E-state index in [4.69, 9.17) is 0 Å². The lowest BCUT2D eigenvalue weighted by atomic mass is 9.90. The number of rotatable bonds is 9. The van der Waals surface area contributed by atoms with Crippen LogP contribution >= 0.6 is 0 Å². The van der Waals surface area contributed by atoms with E-state index in [0.717, 1.165) is 29.2 Å². The predicted molar refractivity (Wildman–Crippen MR) is 280 cm³/mol. The number of hydrogen-bond acceptors (Lipinski definition) is 1. The molecule has 1 atom stereocenters. The van der Waals surface area contributed by atoms with Crippen molar-refractivity contribution in [1.82, 2.24) is 4.57 Å². The van der Waals surface area contributed by atoms with Gasteiger partial charge in [-0.15, -0.1) is 0 Å². The second-order valence-corrected chi connectivity index (χ2v) is 17.2. The fraction of sp³-hybridized carbons (Fsp3) is 0.0312. The highest BCUT2D eigenvalue weighted by atomic mass is 15.1. The first-order valence-electron chi connectivity index (χ1n) is 22.9. The SMILES string of the molecule is C1=CC(c2ccccc2)CC=C1N(c1ccc(-c2ccc(-c3ccccc3)cc2)cc1)c1ccc(-c2ccccc2-n2c3ccccc3c3ccccc32)c(-c2ccc3ccccc3c2)c1. The van der Waals surface area contributed by atoms with Gasteiger partial charge >= 0.3 is 0 Å². The number of anilines is 2. The third-order valence-corrected chi connectivity index (χ3v) is 13.4. The summed E-state index contributed by atoms with van der Waals surface area (Å²) in [4.78, 5) is 2.44. The van der Waals surface area contributed by atoms with Crippen LogP contribution < -0.4 is 4.90 Å². The van der Waals surface area contributed by atoms with Crippen LogP contribution in [0, 0.1) is 0 Å². The van der Waals surface area contributed by atoms with E-state index in [1.54, 1.807) is 0 Å². The summed E-state index contributed by atoms with van der Waals surface area (Å²) in [6, 6.07) is 88.5. The second kappa shape index (κ2) is 16.9. The number of hydrogen-bond donors (Lipinski definition) is 0. The number of benzene rings is 10. The van der Waals surface area contributed by atoms with Crippen LogP contribution in [0.5, 0.6) is 0 Å². The minimum absolute atomic E-state index is 0.325. The van der Waals surface area contributed by atoms with Gasteiger partial charge in [-0.3, -0.25) is 0 Å². The fourth-order valence-corrected chi connectivity index (χ4v) is 10.0. The molecule has 2 nitrogen and oxygen atoms in total. The number of fused-ring (bicyclic) bond motifs is 4. The Morgan fingerprint density at radius 2 is 0.924 bits per heavy atom. The molecule has 0 N–H and O–H groups in total. The summed E-state index contributed by atoms with van der Waals surface area (Å²) in [5.41, 5.74) is 17.8. The normalized spacial score (nSPS) is 13.6. The van der Waals surface area contributed by atoms with Crippen LogP contribution in [0.2, 0.25) is 0 Å². The van der Waals surface area contributed by atoms with E-state index in [9.17, 15) is 0 Å².